The van der Waals surface area contributed by atoms with E-state index in [1.54, 1.807) is 0 Å². The van der Waals surface area contributed by atoms with Crippen molar-refractivity contribution in [3.8, 4) is 0 Å². The molecule has 2 aromatic rings. The SMILES string of the molecule is COC(=O)N(Cc1cc(C(F)(F)F)cc(C(F)(F)F)c1)C1c2ccccc2N(C(=O)C(F)(F)F)[C@H](C2CC2)[C@@H]1C(F)(F)F. The molecule has 1 fully saturated rings. The van der Waals surface area contributed by atoms with Gasteiger partial charge in [-0.15, -0.1) is 0 Å². The molecule has 1 aliphatic carbocycles. The normalized spacial score (nSPS) is 21.3. The quantitative estimate of drug-likeness (QED) is 0.321. The number of alkyl halides is 12. The van der Waals surface area contributed by atoms with Crippen LogP contribution in [0.1, 0.15) is 41.1 Å². The summed E-state index contributed by atoms with van der Waals surface area (Å²) in [6.45, 7) is -1.30. The lowest BCUT2D eigenvalue weighted by molar-refractivity contribution is -0.204. The van der Waals surface area contributed by atoms with Crippen LogP contribution in [0, 0.1) is 11.8 Å². The van der Waals surface area contributed by atoms with E-state index in [0.717, 1.165) is 24.3 Å². The fourth-order valence-corrected chi connectivity index (χ4v) is 5.42. The van der Waals surface area contributed by atoms with Crippen LogP contribution in [0.25, 0.3) is 0 Å². The van der Waals surface area contributed by atoms with Crippen molar-refractivity contribution in [1.29, 1.82) is 0 Å². The van der Waals surface area contributed by atoms with Gasteiger partial charge in [-0.1, -0.05) is 18.2 Å². The number of anilines is 1. The van der Waals surface area contributed by atoms with Crippen molar-refractivity contribution in [1.82, 2.24) is 4.90 Å². The van der Waals surface area contributed by atoms with Gasteiger partial charge in [0.25, 0.3) is 0 Å². The van der Waals surface area contributed by atoms with E-state index in [1.165, 1.54) is 0 Å². The van der Waals surface area contributed by atoms with Gasteiger partial charge in [-0.2, -0.15) is 52.7 Å². The largest absolute Gasteiger partial charge is 0.471 e. The molecular formula is C26H20F12N2O3. The summed E-state index contributed by atoms with van der Waals surface area (Å²) in [5, 5.41) is 0. The van der Waals surface area contributed by atoms with Crippen LogP contribution in [0.2, 0.25) is 0 Å². The van der Waals surface area contributed by atoms with Gasteiger partial charge >= 0.3 is 36.7 Å². The van der Waals surface area contributed by atoms with Crippen LogP contribution < -0.4 is 4.90 Å². The number of hydrogen-bond acceptors (Lipinski definition) is 3. The number of halogens is 12. The maximum atomic E-state index is 14.9. The summed E-state index contributed by atoms with van der Waals surface area (Å²) in [7, 11) is 0.692. The fraction of sp³-hybridized carbons (Fsp3) is 0.462. The van der Waals surface area contributed by atoms with Gasteiger partial charge in [-0.25, -0.2) is 4.79 Å². The Morgan fingerprint density at radius 1 is 0.860 bits per heavy atom. The molecule has 3 atom stereocenters. The summed E-state index contributed by atoms with van der Waals surface area (Å²) < 4.78 is 171. The molecule has 0 radical (unpaired) electrons. The zero-order chi connectivity index (χ0) is 32.3. The van der Waals surface area contributed by atoms with E-state index < -0.39 is 95.1 Å². The standard InChI is InChI=1S/C26H20F12N2O3/c1-43-22(42)39(11-12-8-14(23(27,28)29)10-15(9-12)24(30,31)32)20-16-4-2-3-5-17(16)40(21(41)26(36,37)38)19(13-6-7-13)18(20)25(33,34)35/h2-5,8-10,13,18-20H,6-7,11H2,1H3/t18-,19+,20?/m0/s1. The second-order valence-corrected chi connectivity index (χ2v) is 10.1. The Bertz CT molecular complexity index is 1350. The monoisotopic (exact) mass is 636 g/mol. The third-order valence-corrected chi connectivity index (χ3v) is 7.21. The van der Waals surface area contributed by atoms with Crippen LogP contribution >= 0.6 is 0 Å². The van der Waals surface area contributed by atoms with E-state index in [9.17, 15) is 62.3 Å². The lowest BCUT2D eigenvalue weighted by Crippen LogP contribution is -2.61. The number of ether oxygens (including phenoxy) is 1. The summed E-state index contributed by atoms with van der Waals surface area (Å²) in [4.78, 5) is 25.7. The van der Waals surface area contributed by atoms with Crippen molar-refractivity contribution >= 4 is 17.7 Å². The van der Waals surface area contributed by atoms with Crippen LogP contribution in [-0.4, -0.2) is 42.4 Å². The Morgan fingerprint density at radius 2 is 1.40 bits per heavy atom. The van der Waals surface area contributed by atoms with Crippen molar-refractivity contribution in [3.05, 3.63) is 64.7 Å². The molecule has 43 heavy (non-hydrogen) atoms. The number of para-hydroxylation sites is 1. The highest BCUT2D eigenvalue weighted by Gasteiger charge is 2.63. The number of carbonyl (C=O) groups is 2. The first kappa shape index (κ1) is 32.3. The van der Waals surface area contributed by atoms with Crippen molar-refractivity contribution < 1.29 is 67.0 Å². The lowest BCUT2D eigenvalue weighted by Gasteiger charge is -2.50. The number of hydrogen-bond donors (Lipinski definition) is 0. The maximum Gasteiger partial charge on any atom is 0.471 e. The summed E-state index contributed by atoms with van der Waals surface area (Å²) >= 11 is 0. The van der Waals surface area contributed by atoms with Crippen LogP contribution in [0.4, 0.5) is 63.2 Å². The molecule has 0 bridgehead atoms. The molecule has 17 heteroatoms. The highest BCUT2D eigenvalue weighted by molar-refractivity contribution is 5.99. The molecule has 0 aromatic heterocycles. The van der Waals surface area contributed by atoms with Gasteiger partial charge in [0.15, 0.2) is 0 Å². The van der Waals surface area contributed by atoms with Gasteiger partial charge in [0, 0.05) is 12.2 Å². The molecule has 5 nitrogen and oxygen atoms in total. The van der Waals surface area contributed by atoms with Gasteiger partial charge in [-0.3, -0.25) is 9.69 Å². The molecule has 0 spiro atoms. The van der Waals surface area contributed by atoms with Crippen molar-refractivity contribution in [2.45, 2.75) is 56.2 Å². The predicted molar refractivity (Wildman–Crippen MR) is 123 cm³/mol. The van der Waals surface area contributed by atoms with E-state index >= 15 is 0 Å². The Morgan fingerprint density at radius 3 is 1.84 bits per heavy atom. The minimum absolute atomic E-state index is 0.0193. The highest BCUT2D eigenvalue weighted by atomic mass is 19.4. The van der Waals surface area contributed by atoms with Crippen molar-refractivity contribution in [2.24, 2.45) is 11.8 Å². The molecule has 1 aliphatic heterocycles. The number of carbonyl (C=O) groups excluding carboxylic acids is 2. The third-order valence-electron chi connectivity index (χ3n) is 7.21. The van der Waals surface area contributed by atoms with Crippen LogP contribution in [0.3, 0.4) is 0 Å². The number of fused-ring (bicyclic) bond motifs is 1. The number of amides is 2. The topological polar surface area (TPSA) is 49.9 Å². The second-order valence-electron chi connectivity index (χ2n) is 10.1. The van der Waals surface area contributed by atoms with Gasteiger partial charge in [0.05, 0.1) is 30.3 Å². The average molecular weight is 636 g/mol. The number of methoxy groups -OCH3 is 1. The molecule has 236 valence electrons. The molecule has 2 amide bonds. The molecule has 1 heterocycles. The second kappa shape index (κ2) is 10.8. The first-order valence-electron chi connectivity index (χ1n) is 12.3. The smallest absolute Gasteiger partial charge is 0.453 e. The number of rotatable bonds is 4. The van der Waals surface area contributed by atoms with E-state index in [2.05, 4.69) is 4.74 Å². The fourth-order valence-electron chi connectivity index (χ4n) is 5.42. The predicted octanol–water partition coefficient (Wildman–Crippen LogP) is 7.90. The Kier molecular flexibility index (Phi) is 8.11. The number of nitrogens with zero attached hydrogens (tertiary/aromatic N) is 2. The van der Waals surface area contributed by atoms with Gasteiger partial charge in [0.1, 0.15) is 5.92 Å². The Hall–Kier alpha value is -3.66. The van der Waals surface area contributed by atoms with E-state index in [4.69, 9.17) is 0 Å². The molecule has 2 aromatic carbocycles. The van der Waals surface area contributed by atoms with Crippen molar-refractivity contribution in [2.75, 3.05) is 12.0 Å². The highest BCUT2D eigenvalue weighted by Crippen LogP contribution is 2.56. The minimum Gasteiger partial charge on any atom is -0.453 e. The van der Waals surface area contributed by atoms with E-state index in [-0.39, 0.29) is 40.8 Å². The molecular weight excluding hydrogens is 616 g/mol. The minimum atomic E-state index is -5.61. The van der Waals surface area contributed by atoms with E-state index in [0.29, 0.717) is 7.11 Å². The van der Waals surface area contributed by atoms with Crippen molar-refractivity contribution in [3.63, 3.8) is 0 Å². The maximum absolute atomic E-state index is 14.9. The summed E-state index contributed by atoms with van der Waals surface area (Å²) in [5.41, 5.74) is -5.80. The lowest BCUT2D eigenvalue weighted by atomic mass is 9.77. The van der Waals surface area contributed by atoms with Crippen LogP contribution in [-0.2, 0) is 28.4 Å². The van der Waals surface area contributed by atoms with Gasteiger partial charge in [0.2, 0.25) is 0 Å². The molecule has 2 aliphatic rings. The summed E-state index contributed by atoms with van der Waals surface area (Å²) in [6, 6.07) is -0.310. The molecule has 1 unspecified atom stereocenters. The average Bonchev–Trinajstić information content (AvgIpc) is 3.73. The van der Waals surface area contributed by atoms with Gasteiger partial charge in [-0.05, 0) is 54.2 Å². The first-order valence-corrected chi connectivity index (χ1v) is 12.3. The van der Waals surface area contributed by atoms with Crippen LogP contribution in [0.5, 0.6) is 0 Å². The molecule has 1 saturated carbocycles. The first-order chi connectivity index (χ1) is 19.7. The zero-order valence-electron chi connectivity index (χ0n) is 21.6. The Labute approximate surface area is 235 Å². The molecule has 4 rings (SSSR count). The summed E-state index contributed by atoms with van der Waals surface area (Å²) in [5.74, 6) is -6.66. The molecule has 0 N–H and O–H groups in total. The summed E-state index contributed by atoms with van der Waals surface area (Å²) in [6.07, 6.45) is -23.3. The van der Waals surface area contributed by atoms with E-state index in [1.807, 2.05) is 0 Å². The third kappa shape index (κ3) is 6.49. The number of benzene rings is 2. The Balaban J connectivity index is 1.97. The van der Waals surface area contributed by atoms with Crippen LogP contribution in [0.15, 0.2) is 42.5 Å². The molecule has 0 saturated heterocycles. The van der Waals surface area contributed by atoms with Gasteiger partial charge < -0.3 is 9.64 Å². The zero-order valence-corrected chi connectivity index (χ0v) is 21.6.